The first-order valence-electron chi connectivity index (χ1n) is 8.42. The van der Waals surface area contributed by atoms with Gasteiger partial charge in [-0.2, -0.15) is 0 Å². The maximum absolute atomic E-state index is 12.3. The first-order chi connectivity index (χ1) is 11.8. The molecule has 2 aliphatic heterocycles. The number of hydrogen-bond acceptors (Lipinski definition) is 7. The molecule has 0 spiro atoms. The van der Waals surface area contributed by atoms with Gasteiger partial charge in [-0.25, -0.2) is 4.79 Å². The summed E-state index contributed by atoms with van der Waals surface area (Å²) in [6.07, 6.45) is -1.28. The van der Waals surface area contributed by atoms with E-state index >= 15 is 0 Å². The van der Waals surface area contributed by atoms with E-state index in [2.05, 4.69) is 4.98 Å². The molecular weight excluding hydrogens is 332 g/mol. The number of aromatic amines is 1. The second-order valence-corrected chi connectivity index (χ2v) is 6.87. The largest absolute Gasteiger partial charge is 0.394 e. The van der Waals surface area contributed by atoms with Gasteiger partial charge in [-0.15, -0.1) is 0 Å². The molecule has 0 amide bonds. The second kappa shape index (κ2) is 6.65. The minimum Gasteiger partial charge on any atom is -0.394 e. The van der Waals surface area contributed by atoms with Crippen LogP contribution in [0, 0.1) is 0 Å². The van der Waals surface area contributed by atoms with Gasteiger partial charge in [-0.1, -0.05) is 13.3 Å². The van der Waals surface area contributed by atoms with Crippen LogP contribution in [0.4, 0.5) is 0 Å². The minimum atomic E-state index is -0.983. The van der Waals surface area contributed by atoms with Crippen molar-refractivity contribution in [1.82, 2.24) is 9.55 Å². The van der Waals surface area contributed by atoms with Crippen LogP contribution < -0.4 is 11.2 Å². The molecule has 0 saturated carbocycles. The predicted octanol–water partition coefficient (Wildman–Crippen LogP) is -0.220. The number of aliphatic hydroxyl groups excluding tert-OH is 2. The molecule has 0 bridgehead atoms. The molecule has 1 unspecified atom stereocenters. The third-order valence-corrected chi connectivity index (χ3v) is 4.50. The van der Waals surface area contributed by atoms with Crippen molar-refractivity contribution in [2.45, 2.75) is 70.0 Å². The van der Waals surface area contributed by atoms with E-state index in [0.29, 0.717) is 12.8 Å². The minimum absolute atomic E-state index is 0.0900. The average Bonchev–Trinajstić information content (AvgIpc) is 3.00. The quantitative estimate of drug-likeness (QED) is 0.666. The van der Waals surface area contributed by atoms with Gasteiger partial charge in [-0.05, 0) is 20.3 Å². The summed E-state index contributed by atoms with van der Waals surface area (Å²) in [5, 5.41) is 19.7. The summed E-state index contributed by atoms with van der Waals surface area (Å²) in [7, 11) is 0. The molecular formula is C16H24N2O7. The normalized spacial score (nSPS) is 31.9. The van der Waals surface area contributed by atoms with E-state index in [4.69, 9.17) is 14.2 Å². The monoisotopic (exact) mass is 356 g/mol. The van der Waals surface area contributed by atoms with Crippen molar-refractivity contribution < 1.29 is 24.4 Å². The molecule has 1 aromatic heterocycles. The van der Waals surface area contributed by atoms with E-state index in [0.717, 1.165) is 0 Å². The molecule has 9 heteroatoms. The van der Waals surface area contributed by atoms with Gasteiger partial charge in [0.25, 0.3) is 5.56 Å². The number of nitrogens with one attached hydrogen (secondary N) is 1. The van der Waals surface area contributed by atoms with Crippen LogP contribution in [0.3, 0.4) is 0 Å². The van der Waals surface area contributed by atoms with Crippen LogP contribution in [0.25, 0.3) is 0 Å². The van der Waals surface area contributed by atoms with Crippen molar-refractivity contribution in [3.8, 4) is 0 Å². The molecule has 1 aromatic rings. The van der Waals surface area contributed by atoms with Crippen LogP contribution in [0.1, 0.15) is 51.5 Å². The second-order valence-electron chi connectivity index (χ2n) is 6.87. The number of hydrogen-bond donors (Lipinski definition) is 3. The van der Waals surface area contributed by atoms with Gasteiger partial charge >= 0.3 is 5.69 Å². The Hall–Kier alpha value is -1.52. The Morgan fingerprint density at radius 3 is 2.64 bits per heavy atom. The van der Waals surface area contributed by atoms with Gasteiger partial charge in [0.05, 0.1) is 18.3 Å². The van der Waals surface area contributed by atoms with Crippen molar-refractivity contribution in [1.29, 1.82) is 0 Å². The van der Waals surface area contributed by atoms with Gasteiger partial charge in [0, 0.05) is 6.20 Å². The van der Waals surface area contributed by atoms with Crippen LogP contribution in [0.2, 0.25) is 0 Å². The SMILES string of the molecule is CCCC(O)c1cn([C@@H]2O[C@H](CO)[C@H]3OC(C)(C)O[C@H]32)c(=O)[nH]c1=O. The summed E-state index contributed by atoms with van der Waals surface area (Å²) in [5.74, 6) is -0.874. The Morgan fingerprint density at radius 2 is 2.00 bits per heavy atom. The third kappa shape index (κ3) is 3.30. The fourth-order valence-corrected chi connectivity index (χ4v) is 3.39. The predicted molar refractivity (Wildman–Crippen MR) is 86.0 cm³/mol. The average molecular weight is 356 g/mol. The smallest absolute Gasteiger partial charge is 0.330 e. The molecule has 2 aliphatic rings. The topological polar surface area (TPSA) is 123 Å². The Morgan fingerprint density at radius 1 is 1.32 bits per heavy atom. The van der Waals surface area contributed by atoms with E-state index in [-0.39, 0.29) is 12.2 Å². The highest BCUT2D eigenvalue weighted by molar-refractivity contribution is 5.10. The maximum atomic E-state index is 12.3. The summed E-state index contributed by atoms with van der Waals surface area (Å²) >= 11 is 0. The number of aromatic nitrogens is 2. The first-order valence-corrected chi connectivity index (χ1v) is 8.42. The first kappa shape index (κ1) is 18.3. The maximum Gasteiger partial charge on any atom is 0.330 e. The Balaban J connectivity index is 2.00. The molecule has 9 nitrogen and oxygen atoms in total. The van der Waals surface area contributed by atoms with Gasteiger partial charge in [-0.3, -0.25) is 14.3 Å². The summed E-state index contributed by atoms with van der Waals surface area (Å²) in [4.78, 5) is 26.5. The molecule has 5 atom stereocenters. The summed E-state index contributed by atoms with van der Waals surface area (Å²) in [6.45, 7) is 5.07. The molecule has 3 heterocycles. The summed E-state index contributed by atoms with van der Waals surface area (Å²) in [5.41, 5.74) is -1.21. The van der Waals surface area contributed by atoms with Crippen LogP contribution in [-0.4, -0.2) is 50.5 Å². The highest BCUT2D eigenvalue weighted by atomic mass is 16.8. The van der Waals surface area contributed by atoms with Crippen LogP contribution in [0.15, 0.2) is 15.8 Å². The molecule has 140 valence electrons. The Bertz CT molecular complexity index is 741. The van der Waals surface area contributed by atoms with Crippen molar-refractivity contribution in [2.75, 3.05) is 6.61 Å². The molecule has 25 heavy (non-hydrogen) atoms. The Labute approximate surface area is 144 Å². The van der Waals surface area contributed by atoms with Crippen molar-refractivity contribution >= 4 is 0 Å². The lowest BCUT2D eigenvalue weighted by Crippen LogP contribution is -2.39. The summed E-state index contributed by atoms with van der Waals surface area (Å²) < 4.78 is 18.5. The van der Waals surface area contributed by atoms with E-state index < -0.39 is 47.7 Å². The van der Waals surface area contributed by atoms with Crippen molar-refractivity contribution in [3.05, 3.63) is 32.6 Å². The zero-order valence-electron chi connectivity index (χ0n) is 14.5. The lowest BCUT2D eigenvalue weighted by Gasteiger charge is -2.24. The Kier molecular flexibility index (Phi) is 4.86. The van der Waals surface area contributed by atoms with Gasteiger partial charge < -0.3 is 24.4 Å². The van der Waals surface area contributed by atoms with Crippen LogP contribution in [0.5, 0.6) is 0 Å². The molecule has 0 radical (unpaired) electrons. The number of nitrogens with zero attached hydrogens (tertiary/aromatic N) is 1. The van der Waals surface area contributed by atoms with Crippen LogP contribution >= 0.6 is 0 Å². The van der Waals surface area contributed by atoms with E-state index in [9.17, 15) is 19.8 Å². The number of aliphatic hydroxyl groups is 2. The number of H-pyrrole nitrogens is 1. The van der Waals surface area contributed by atoms with Crippen LogP contribution in [-0.2, 0) is 14.2 Å². The molecule has 3 N–H and O–H groups in total. The molecule has 2 fully saturated rings. The lowest BCUT2D eigenvalue weighted by molar-refractivity contribution is -0.200. The summed E-state index contributed by atoms with van der Waals surface area (Å²) in [6, 6.07) is 0. The van der Waals surface area contributed by atoms with Gasteiger partial charge in [0.15, 0.2) is 12.0 Å². The number of ether oxygens (including phenoxy) is 3. The van der Waals surface area contributed by atoms with Crippen molar-refractivity contribution in [3.63, 3.8) is 0 Å². The number of fused-ring (bicyclic) bond motifs is 1. The van der Waals surface area contributed by atoms with Crippen molar-refractivity contribution in [2.24, 2.45) is 0 Å². The fourth-order valence-electron chi connectivity index (χ4n) is 3.39. The number of rotatable bonds is 5. The molecule has 3 rings (SSSR count). The molecule has 0 aliphatic carbocycles. The zero-order valence-corrected chi connectivity index (χ0v) is 14.5. The van der Waals surface area contributed by atoms with E-state index in [1.807, 2.05) is 6.92 Å². The lowest BCUT2D eigenvalue weighted by atomic mass is 10.1. The highest BCUT2D eigenvalue weighted by Crippen LogP contribution is 2.42. The highest BCUT2D eigenvalue weighted by Gasteiger charge is 2.55. The molecule has 2 saturated heterocycles. The van der Waals surface area contributed by atoms with E-state index in [1.54, 1.807) is 13.8 Å². The zero-order chi connectivity index (χ0) is 18.4. The standard InChI is InChI=1S/C16H24N2O7/c1-4-5-9(20)8-6-18(15(22)17-13(8)21)14-12-11(10(7-19)23-14)24-16(2,3)25-12/h6,9-12,14,19-20H,4-5,7H2,1-3H3,(H,17,21,22)/t9?,10-,11-,12-,14-/m1/s1. The van der Waals surface area contributed by atoms with Gasteiger partial charge in [0.1, 0.15) is 18.3 Å². The van der Waals surface area contributed by atoms with E-state index in [1.165, 1.54) is 10.8 Å². The third-order valence-electron chi connectivity index (χ3n) is 4.50. The fraction of sp³-hybridized carbons (Fsp3) is 0.750. The van der Waals surface area contributed by atoms with Gasteiger partial charge in [0.2, 0.25) is 0 Å². The molecule has 0 aromatic carbocycles.